The van der Waals surface area contributed by atoms with Crippen LogP contribution in [0, 0.1) is 0 Å². The first-order valence-corrected chi connectivity index (χ1v) is 19.2. The van der Waals surface area contributed by atoms with Gasteiger partial charge in [-0.1, -0.05) is 127 Å². The lowest BCUT2D eigenvalue weighted by atomic mass is 9.93. The molecule has 0 unspecified atom stereocenters. The summed E-state index contributed by atoms with van der Waals surface area (Å²) < 4.78 is 6.88. The van der Waals surface area contributed by atoms with E-state index < -0.39 is 0 Å². The van der Waals surface area contributed by atoms with Crippen LogP contribution in [-0.2, 0) is 21.1 Å². The third kappa shape index (κ3) is 5.90. The quantitative estimate of drug-likeness (QED) is 0.160. The van der Waals surface area contributed by atoms with Crippen molar-refractivity contribution in [1.29, 1.82) is 0 Å². The van der Waals surface area contributed by atoms with Gasteiger partial charge in [-0.05, 0) is 36.4 Å². The van der Waals surface area contributed by atoms with Crippen molar-refractivity contribution in [2.24, 2.45) is 21.1 Å². The molecule has 10 rings (SSSR count). The van der Waals surface area contributed by atoms with Gasteiger partial charge in [0.15, 0.2) is 0 Å². The molecule has 0 fully saturated rings. The fourth-order valence-electron chi connectivity index (χ4n) is 8.31. The zero-order chi connectivity index (χ0) is 38.5. The summed E-state index contributed by atoms with van der Waals surface area (Å²) in [5, 5.41) is 0. The molecule has 6 nitrogen and oxygen atoms in total. The van der Waals surface area contributed by atoms with Gasteiger partial charge in [0.1, 0.15) is 54.8 Å². The Hall–Kier alpha value is -7.44. The van der Waals surface area contributed by atoms with Crippen LogP contribution in [0.2, 0.25) is 0 Å². The normalized spacial score (nSPS) is 11.4. The highest BCUT2D eigenvalue weighted by molar-refractivity contribution is 5.91. The third-order valence-corrected chi connectivity index (χ3v) is 11.0. The van der Waals surface area contributed by atoms with Crippen molar-refractivity contribution < 1.29 is 13.7 Å². The second-order valence-corrected chi connectivity index (χ2v) is 14.5. The van der Waals surface area contributed by atoms with Gasteiger partial charge >= 0.3 is 0 Å². The highest BCUT2D eigenvalue weighted by atomic mass is 15.0. The topological polar surface area (TPSA) is 50.3 Å². The molecule has 0 saturated carbocycles. The van der Waals surface area contributed by atoms with Crippen LogP contribution in [0.15, 0.2) is 182 Å². The number of fused-ring (bicyclic) bond motifs is 3. The molecule has 0 atom stereocenters. The van der Waals surface area contributed by atoms with Gasteiger partial charge in [-0.3, -0.25) is 0 Å². The Balaban J connectivity index is 1.37. The molecule has 0 saturated heterocycles. The highest BCUT2D eigenvalue weighted by Gasteiger charge is 2.31. The van der Waals surface area contributed by atoms with Crippen molar-refractivity contribution in [3.05, 3.63) is 182 Å². The molecule has 7 aromatic carbocycles. The molecule has 6 heteroatoms. The molecule has 0 amide bonds. The van der Waals surface area contributed by atoms with Crippen molar-refractivity contribution >= 4 is 33.1 Å². The van der Waals surface area contributed by atoms with Crippen molar-refractivity contribution in [2.75, 3.05) is 0 Å². The second-order valence-electron chi connectivity index (χ2n) is 14.5. The number of para-hydroxylation sites is 6. The van der Waals surface area contributed by atoms with Gasteiger partial charge in [-0.25, -0.2) is 15.0 Å². The molecule has 270 valence electrons. The Bertz CT molecular complexity index is 2790. The van der Waals surface area contributed by atoms with Crippen LogP contribution in [-0.4, -0.2) is 15.0 Å². The largest absolute Gasteiger partial charge is 0.239 e. The summed E-state index contributed by atoms with van der Waals surface area (Å²) in [6, 6.07) is 63.6. The van der Waals surface area contributed by atoms with E-state index in [1.54, 1.807) is 0 Å². The summed E-state index contributed by atoms with van der Waals surface area (Å²) in [6.45, 7) is 0. The number of hydrogen-bond donors (Lipinski definition) is 0. The number of hydrogen-bond acceptors (Lipinski definition) is 3. The van der Waals surface area contributed by atoms with Gasteiger partial charge in [-0.15, -0.1) is 0 Å². The number of rotatable bonds is 6. The molecule has 0 bridgehead atoms. The number of aromatic nitrogens is 6. The van der Waals surface area contributed by atoms with E-state index in [-0.39, 0.29) is 0 Å². The average Bonchev–Trinajstić information content (AvgIpc) is 3.27. The molecule has 10 aromatic rings. The van der Waals surface area contributed by atoms with E-state index in [0.717, 1.165) is 101 Å². The van der Waals surface area contributed by atoms with Crippen LogP contribution in [0.25, 0.3) is 101 Å². The minimum Gasteiger partial charge on any atom is -0.234 e. The highest BCUT2D eigenvalue weighted by Crippen LogP contribution is 2.39. The first kappa shape index (κ1) is 34.1. The minimum absolute atomic E-state index is 0.911. The molecule has 0 spiro atoms. The molecule has 3 aromatic heterocycles. The predicted molar refractivity (Wildman–Crippen MR) is 228 cm³/mol. The van der Waals surface area contributed by atoms with Crippen LogP contribution in [0.5, 0.6) is 0 Å². The Morgan fingerprint density at radius 2 is 0.526 bits per heavy atom. The zero-order valence-electron chi connectivity index (χ0n) is 32.0. The summed E-state index contributed by atoms with van der Waals surface area (Å²) in [4.78, 5) is 16.1. The maximum absolute atomic E-state index is 5.38. The molecule has 57 heavy (non-hydrogen) atoms. The lowest BCUT2D eigenvalue weighted by Crippen LogP contribution is -2.35. The Morgan fingerprint density at radius 1 is 0.281 bits per heavy atom. The molecular formula is C51H39N6+3. The molecule has 0 aliphatic carbocycles. The molecule has 0 aliphatic heterocycles. The van der Waals surface area contributed by atoms with Crippen molar-refractivity contribution in [1.82, 2.24) is 15.0 Å². The van der Waals surface area contributed by atoms with E-state index in [0.29, 0.717) is 0 Å². The van der Waals surface area contributed by atoms with E-state index in [1.807, 2.05) is 0 Å². The second kappa shape index (κ2) is 14.0. The lowest BCUT2D eigenvalue weighted by Gasteiger charge is -2.15. The van der Waals surface area contributed by atoms with E-state index in [9.17, 15) is 0 Å². The summed E-state index contributed by atoms with van der Waals surface area (Å²) in [7, 11) is 6.45. The Labute approximate surface area is 331 Å². The Kier molecular flexibility index (Phi) is 8.37. The average molecular weight is 736 g/mol. The van der Waals surface area contributed by atoms with Crippen LogP contribution in [0.1, 0.15) is 0 Å². The molecule has 0 radical (unpaired) electrons. The molecule has 3 heterocycles. The van der Waals surface area contributed by atoms with E-state index in [2.05, 4.69) is 217 Å². The predicted octanol–water partition coefficient (Wildman–Crippen LogP) is 9.81. The molecule has 0 N–H and O–H groups in total. The van der Waals surface area contributed by atoms with Gasteiger partial charge in [-0.2, -0.15) is 13.7 Å². The fourth-order valence-corrected chi connectivity index (χ4v) is 8.31. The maximum Gasteiger partial charge on any atom is 0.239 e. The van der Waals surface area contributed by atoms with Crippen LogP contribution in [0.3, 0.4) is 0 Å². The minimum atomic E-state index is 0.911. The van der Waals surface area contributed by atoms with E-state index >= 15 is 0 Å². The first-order valence-electron chi connectivity index (χ1n) is 19.2. The fraction of sp³-hybridized carbons (Fsp3) is 0.0588. The Morgan fingerprint density at radius 3 is 0.807 bits per heavy atom. The summed E-state index contributed by atoms with van der Waals surface area (Å²) in [6.07, 6.45) is 0. The number of aryl methyl sites for hydroxylation is 3. The van der Waals surface area contributed by atoms with Crippen molar-refractivity contribution in [3.8, 4) is 67.5 Å². The van der Waals surface area contributed by atoms with Gasteiger partial charge in [0.05, 0.1) is 16.7 Å². The van der Waals surface area contributed by atoms with Crippen LogP contribution >= 0.6 is 0 Å². The van der Waals surface area contributed by atoms with Crippen LogP contribution < -0.4 is 13.7 Å². The third-order valence-electron chi connectivity index (χ3n) is 11.0. The van der Waals surface area contributed by atoms with Gasteiger partial charge in [0, 0.05) is 34.9 Å². The molecular weight excluding hydrogens is 697 g/mol. The standard InChI is InChI=1S/C51H39N6/c1-55-43-28-16-13-25-40(43)52-46(34-19-7-4-8-20-34)49(55)37-31-38(50-47(35-21-9-5-10-22-35)53-41-26-14-17-29-44(41)56(50)2)33-39(32-37)51-48(36-23-11-6-12-24-36)54-42-27-15-18-30-45(42)57(51)3/h4-33H,1-3H3/q+3. The number of nitrogens with zero attached hydrogens (tertiary/aromatic N) is 6. The first-order chi connectivity index (χ1) is 28.0. The van der Waals surface area contributed by atoms with Crippen molar-refractivity contribution in [2.45, 2.75) is 0 Å². The molecule has 0 aliphatic rings. The monoisotopic (exact) mass is 735 g/mol. The van der Waals surface area contributed by atoms with Gasteiger partial charge in [0.2, 0.25) is 33.6 Å². The smallest absolute Gasteiger partial charge is 0.234 e. The van der Waals surface area contributed by atoms with Crippen molar-refractivity contribution in [3.63, 3.8) is 0 Å². The van der Waals surface area contributed by atoms with Crippen LogP contribution in [0.4, 0.5) is 0 Å². The summed E-state index contributed by atoms with van der Waals surface area (Å²) in [5.74, 6) is 0. The SMILES string of the molecule is C[n+]1c(-c2cc(-c3c(-c4ccccc4)nc4ccccc4[n+]3C)cc(-c3c(-c4ccccc4)nc4ccccc4[n+]3C)c2)c(-c2ccccc2)nc2ccccc21. The summed E-state index contributed by atoms with van der Waals surface area (Å²) >= 11 is 0. The maximum atomic E-state index is 5.38. The van der Waals surface area contributed by atoms with E-state index in [4.69, 9.17) is 15.0 Å². The van der Waals surface area contributed by atoms with Gasteiger partial charge in [0.25, 0.3) is 0 Å². The number of benzene rings is 7. The lowest BCUT2D eigenvalue weighted by molar-refractivity contribution is -0.633. The zero-order valence-corrected chi connectivity index (χ0v) is 32.0. The van der Waals surface area contributed by atoms with E-state index in [1.165, 1.54) is 0 Å². The summed E-state index contributed by atoms with van der Waals surface area (Å²) in [5.41, 5.74) is 17.9. The van der Waals surface area contributed by atoms with Gasteiger partial charge < -0.3 is 0 Å².